The van der Waals surface area contributed by atoms with Crippen LogP contribution in [0.25, 0.3) is 0 Å². The van der Waals surface area contributed by atoms with Crippen LogP contribution in [-0.2, 0) is 0 Å². The lowest BCUT2D eigenvalue weighted by atomic mass is 10.3. The predicted octanol–water partition coefficient (Wildman–Crippen LogP) is 2.39. The largest absolute Gasteiger partial charge is 0.573 e. The molecule has 0 atom stereocenters. The highest BCUT2D eigenvalue weighted by Gasteiger charge is 2.30. The predicted molar refractivity (Wildman–Crippen MR) is 32.0 cm³/mol. The van der Waals surface area contributed by atoms with Crippen LogP contribution < -0.4 is 4.74 Å². The smallest absolute Gasteiger partial charge is 0.405 e. The summed E-state index contributed by atoms with van der Waals surface area (Å²) >= 11 is 0. The molecular weight excluding hydrogens is 157 g/mol. The topological polar surface area (TPSA) is 9.23 Å². The molecule has 1 rings (SSSR count). The molecule has 0 saturated carbocycles. The summed E-state index contributed by atoms with van der Waals surface area (Å²) in [6.07, 6.45) is -4.63. The first-order valence-corrected chi connectivity index (χ1v) is 2.80. The van der Waals surface area contributed by atoms with Gasteiger partial charge in [-0.15, -0.1) is 13.2 Å². The van der Waals surface area contributed by atoms with Gasteiger partial charge in [0.2, 0.25) is 0 Å². The molecule has 0 unspecified atom stereocenters. The molecule has 0 aliphatic rings. The Balaban J connectivity index is 2.66. The van der Waals surface area contributed by atoms with Gasteiger partial charge in [0.05, 0.1) is 0 Å². The number of para-hydroxylation sites is 1. The number of hydrogen-bond donors (Lipinski definition) is 0. The van der Waals surface area contributed by atoms with Gasteiger partial charge >= 0.3 is 6.36 Å². The third-order valence-electron chi connectivity index (χ3n) is 0.906. The maximum atomic E-state index is 11.5. The number of alkyl halides is 3. The van der Waals surface area contributed by atoms with Gasteiger partial charge in [-0.1, -0.05) is 18.2 Å². The minimum Gasteiger partial charge on any atom is -0.405 e. The van der Waals surface area contributed by atoms with Gasteiger partial charge in [-0.2, -0.15) is 0 Å². The van der Waals surface area contributed by atoms with Crippen molar-refractivity contribution in [3.63, 3.8) is 0 Å². The van der Waals surface area contributed by atoms with Crippen LogP contribution in [0, 0.1) is 6.07 Å². The first-order chi connectivity index (χ1) is 5.08. The molecule has 0 fully saturated rings. The van der Waals surface area contributed by atoms with Gasteiger partial charge < -0.3 is 4.74 Å². The number of benzene rings is 1. The molecule has 0 bridgehead atoms. The fourth-order valence-electron chi connectivity index (χ4n) is 0.565. The van der Waals surface area contributed by atoms with Crippen molar-refractivity contribution in [1.29, 1.82) is 0 Å². The molecule has 0 heterocycles. The van der Waals surface area contributed by atoms with Crippen molar-refractivity contribution in [3.05, 3.63) is 30.3 Å². The van der Waals surface area contributed by atoms with Crippen molar-refractivity contribution in [2.45, 2.75) is 6.36 Å². The van der Waals surface area contributed by atoms with Crippen LogP contribution in [0.3, 0.4) is 0 Å². The molecule has 0 aliphatic carbocycles. The Bertz CT molecular complexity index is 217. The first kappa shape index (κ1) is 7.91. The third-order valence-corrected chi connectivity index (χ3v) is 0.906. The Morgan fingerprint density at radius 1 is 1.27 bits per heavy atom. The van der Waals surface area contributed by atoms with Gasteiger partial charge in [0.1, 0.15) is 5.75 Å². The van der Waals surface area contributed by atoms with E-state index in [1.807, 2.05) is 0 Å². The van der Waals surface area contributed by atoms with E-state index in [-0.39, 0.29) is 5.75 Å². The Morgan fingerprint density at radius 2 is 2.00 bits per heavy atom. The highest BCUT2D eigenvalue weighted by atomic mass is 19.4. The SMILES string of the molecule is FC(F)(F)Oc1[c]cccc1. The quantitative estimate of drug-likeness (QED) is 0.614. The standard InChI is InChI=1S/C7H4F3O/c8-7(9,10)11-6-4-2-1-3-5-6/h1-4H. The molecule has 1 aromatic rings. The normalized spacial score (nSPS) is 11.2. The third kappa shape index (κ3) is 2.93. The van der Waals surface area contributed by atoms with Gasteiger partial charge in [-0.25, -0.2) is 0 Å². The Labute approximate surface area is 61.4 Å². The first-order valence-electron chi connectivity index (χ1n) is 2.80. The minimum atomic E-state index is -4.63. The second-order valence-electron chi connectivity index (χ2n) is 1.77. The molecule has 4 heteroatoms. The van der Waals surface area contributed by atoms with Crippen molar-refractivity contribution in [3.8, 4) is 5.75 Å². The van der Waals surface area contributed by atoms with E-state index in [0.717, 1.165) is 0 Å². The molecule has 1 aromatic carbocycles. The second kappa shape index (κ2) is 2.82. The van der Waals surface area contributed by atoms with Crippen LogP contribution >= 0.6 is 0 Å². The van der Waals surface area contributed by atoms with Gasteiger partial charge in [0, 0.05) is 6.07 Å². The lowest BCUT2D eigenvalue weighted by Crippen LogP contribution is -2.16. The number of rotatable bonds is 1. The van der Waals surface area contributed by atoms with Gasteiger partial charge in [0.25, 0.3) is 0 Å². The fourth-order valence-corrected chi connectivity index (χ4v) is 0.565. The molecule has 0 N–H and O–H groups in total. The lowest BCUT2D eigenvalue weighted by Gasteiger charge is -2.06. The molecular formula is C7H4F3O. The number of halogens is 3. The van der Waals surface area contributed by atoms with Gasteiger partial charge in [-0.05, 0) is 6.07 Å². The summed E-state index contributed by atoms with van der Waals surface area (Å²) in [7, 11) is 0. The van der Waals surface area contributed by atoms with Crippen molar-refractivity contribution in [2.75, 3.05) is 0 Å². The molecule has 59 valence electrons. The molecule has 0 aliphatic heterocycles. The highest BCUT2D eigenvalue weighted by molar-refractivity contribution is 5.19. The summed E-state index contributed by atoms with van der Waals surface area (Å²) < 4.78 is 38.0. The zero-order valence-corrected chi connectivity index (χ0v) is 5.35. The molecule has 11 heavy (non-hydrogen) atoms. The molecule has 0 saturated heterocycles. The van der Waals surface area contributed by atoms with Crippen LogP contribution in [0.2, 0.25) is 0 Å². The summed E-state index contributed by atoms with van der Waals surface area (Å²) in [5.41, 5.74) is 0. The molecule has 1 radical (unpaired) electrons. The summed E-state index contributed by atoms with van der Waals surface area (Å²) in [6.45, 7) is 0. The molecule has 0 aromatic heterocycles. The number of hydrogen-bond acceptors (Lipinski definition) is 1. The molecule has 0 spiro atoms. The van der Waals surface area contributed by atoms with Crippen LogP contribution in [0.1, 0.15) is 0 Å². The van der Waals surface area contributed by atoms with E-state index in [9.17, 15) is 13.2 Å². The van der Waals surface area contributed by atoms with Crippen molar-refractivity contribution in [1.82, 2.24) is 0 Å². The zero-order chi connectivity index (χ0) is 8.32. The average molecular weight is 161 g/mol. The van der Waals surface area contributed by atoms with Crippen molar-refractivity contribution >= 4 is 0 Å². The Kier molecular flexibility index (Phi) is 2.03. The monoisotopic (exact) mass is 161 g/mol. The minimum absolute atomic E-state index is 0.319. The van der Waals surface area contributed by atoms with Crippen molar-refractivity contribution in [2.24, 2.45) is 0 Å². The number of ether oxygens (including phenoxy) is 1. The summed E-state index contributed by atoms with van der Waals surface area (Å²) in [5.74, 6) is -0.319. The van der Waals surface area contributed by atoms with E-state index in [0.29, 0.717) is 0 Å². The van der Waals surface area contributed by atoms with E-state index in [1.54, 1.807) is 6.07 Å². The van der Waals surface area contributed by atoms with Gasteiger partial charge in [0.15, 0.2) is 0 Å². The van der Waals surface area contributed by atoms with Crippen LogP contribution in [0.5, 0.6) is 5.75 Å². The zero-order valence-electron chi connectivity index (χ0n) is 5.35. The summed E-state index contributed by atoms with van der Waals surface area (Å²) in [4.78, 5) is 0. The maximum absolute atomic E-state index is 11.5. The molecule has 1 nitrogen and oxygen atoms in total. The average Bonchev–Trinajstić information content (AvgIpc) is 1.85. The van der Waals surface area contributed by atoms with E-state index in [1.165, 1.54) is 18.2 Å². The van der Waals surface area contributed by atoms with Crippen molar-refractivity contribution < 1.29 is 17.9 Å². The van der Waals surface area contributed by atoms with Crippen LogP contribution in [0.4, 0.5) is 13.2 Å². The van der Waals surface area contributed by atoms with Gasteiger partial charge in [-0.3, -0.25) is 0 Å². The second-order valence-corrected chi connectivity index (χ2v) is 1.77. The van der Waals surface area contributed by atoms with Crippen LogP contribution in [0.15, 0.2) is 24.3 Å². The highest BCUT2D eigenvalue weighted by Crippen LogP contribution is 2.20. The Hall–Kier alpha value is -1.19. The van der Waals surface area contributed by atoms with E-state index < -0.39 is 6.36 Å². The summed E-state index contributed by atoms with van der Waals surface area (Å²) in [6, 6.07) is 7.82. The van der Waals surface area contributed by atoms with Crippen LogP contribution in [-0.4, -0.2) is 6.36 Å². The maximum Gasteiger partial charge on any atom is 0.573 e. The fraction of sp³-hybridized carbons (Fsp3) is 0.143. The summed E-state index contributed by atoms with van der Waals surface area (Å²) in [5, 5.41) is 0. The lowest BCUT2D eigenvalue weighted by molar-refractivity contribution is -0.274. The Morgan fingerprint density at radius 3 is 2.45 bits per heavy atom. The van der Waals surface area contributed by atoms with E-state index >= 15 is 0 Å². The molecule has 0 amide bonds. The van der Waals surface area contributed by atoms with E-state index in [2.05, 4.69) is 10.8 Å². The van der Waals surface area contributed by atoms with E-state index in [4.69, 9.17) is 0 Å².